The second-order valence-corrected chi connectivity index (χ2v) is 4.27. The molecule has 0 aliphatic heterocycles. The van der Waals surface area contributed by atoms with E-state index in [0.717, 1.165) is 12.1 Å². The van der Waals surface area contributed by atoms with Gasteiger partial charge in [-0.05, 0) is 42.5 Å². The summed E-state index contributed by atoms with van der Waals surface area (Å²) in [4.78, 5) is 11.9. The van der Waals surface area contributed by atoms with Gasteiger partial charge in [-0.3, -0.25) is 4.79 Å². The van der Waals surface area contributed by atoms with Gasteiger partial charge < -0.3 is 25.5 Å². The van der Waals surface area contributed by atoms with Crippen molar-refractivity contribution in [3.05, 3.63) is 47.5 Å². The summed E-state index contributed by atoms with van der Waals surface area (Å²) in [5.41, 5.74) is 0.283. The van der Waals surface area contributed by atoms with Crippen LogP contribution < -0.4 is 0 Å². The third-order valence-corrected chi connectivity index (χ3v) is 2.84. The predicted octanol–water partition coefficient (Wildman–Crippen LogP) is 2.11. The molecule has 2 aromatic rings. The van der Waals surface area contributed by atoms with Crippen LogP contribution in [0.3, 0.4) is 0 Å². The fraction of sp³-hybridized carbons (Fsp3) is 0. The van der Waals surface area contributed by atoms with Crippen LogP contribution in [0, 0.1) is 0 Å². The molecular formula is C15H12O6. The van der Waals surface area contributed by atoms with Gasteiger partial charge >= 0.3 is 0 Å². The molecule has 5 N–H and O–H groups in total. The summed E-state index contributed by atoms with van der Waals surface area (Å²) >= 11 is 0. The highest BCUT2D eigenvalue weighted by Crippen LogP contribution is 2.37. The first-order valence-electron chi connectivity index (χ1n) is 5.88. The average molecular weight is 288 g/mol. The summed E-state index contributed by atoms with van der Waals surface area (Å²) in [5.74, 6) is -2.92. The van der Waals surface area contributed by atoms with Gasteiger partial charge in [0.25, 0.3) is 0 Å². The van der Waals surface area contributed by atoms with Crippen LogP contribution in [0.1, 0.15) is 15.9 Å². The summed E-state index contributed by atoms with van der Waals surface area (Å²) in [5, 5.41) is 46.6. The van der Waals surface area contributed by atoms with Gasteiger partial charge in [-0.25, -0.2) is 0 Å². The number of phenols is 5. The van der Waals surface area contributed by atoms with Crippen LogP contribution in [-0.2, 0) is 0 Å². The van der Waals surface area contributed by atoms with Crippen molar-refractivity contribution in [2.24, 2.45) is 0 Å². The van der Waals surface area contributed by atoms with Crippen LogP contribution >= 0.6 is 0 Å². The molecule has 6 heteroatoms. The molecule has 0 aromatic heterocycles. The fourth-order valence-electron chi connectivity index (χ4n) is 1.66. The Morgan fingerprint density at radius 3 is 2.14 bits per heavy atom. The van der Waals surface area contributed by atoms with Crippen molar-refractivity contribution >= 4 is 11.9 Å². The van der Waals surface area contributed by atoms with E-state index in [9.17, 15) is 25.2 Å². The number of carbonyl (C=O) groups is 1. The van der Waals surface area contributed by atoms with Crippen molar-refractivity contribution < 1.29 is 30.3 Å². The van der Waals surface area contributed by atoms with E-state index in [4.69, 9.17) is 5.11 Å². The van der Waals surface area contributed by atoms with Crippen LogP contribution in [-0.4, -0.2) is 31.3 Å². The van der Waals surface area contributed by atoms with Crippen molar-refractivity contribution in [3.63, 3.8) is 0 Å². The van der Waals surface area contributed by atoms with E-state index in [1.54, 1.807) is 0 Å². The molecule has 0 saturated carbocycles. The van der Waals surface area contributed by atoms with Crippen LogP contribution in [0.4, 0.5) is 0 Å². The van der Waals surface area contributed by atoms with Crippen LogP contribution in [0.2, 0.25) is 0 Å². The maximum absolute atomic E-state index is 11.9. The molecule has 2 aromatic carbocycles. The SMILES string of the molecule is O=C(/C=C/c1ccc(O)c(O)c1O)c1ccc(O)c(O)c1. The van der Waals surface area contributed by atoms with Crippen molar-refractivity contribution in [2.45, 2.75) is 0 Å². The Kier molecular flexibility index (Phi) is 3.71. The molecule has 0 saturated heterocycles. The van der Waals surface area contributed by atoms with Crippen molar-refractivity contribution in [1.29, 1.82) is 0 Å². The molecule has 0 radical (unpaired) electrons. The molecule has 0 aliphatic carbocycles. The molecule has 2 rings (SSSR count). The molecule has 0 amide bonds. The first-order valence-corrected chi connectivity index (χ1v) is 5.88. The number of benzene rings is 2. The zero-order valence-electron chi connectivity index (χ0n) is 10.7. The van der Waals surface area contributed by atoms with Gasteiger partial charge in [0.05, 0.1) is 0 Å². The Bertz CT molecular complexity index is 733. The lowest BCUT2D eigenvalue weighted by molar-refractivity contribution is 0.104. The van der Waals surface area contributed by atoms with E-state index in [-0.39, 0.29) is 16.9 Å². The molecule has 0 heterocycles. The molecular weight excluding hydrogens is 276 g/mol. The smallest absolute Gasteiger partial charge is 0.200 e. The van der Waals surface area contributed by atoms with Crippen LogP contribution in [0.5, 0.6) is 28.7 Å². The maximum Gasteiger partial charge on any atom is 0.200 e. The van der Waals surface area contributed by atoms with Gasteiger partial charge in [0.1, 0.15) is 0 Å². The first-order chi connectivity index (χ1) is 9.90. The number of ketones is 1. The topological polar surface area (TPSA) is 118 Å². The quantitative estimate of drug-likeness (QED) is 0.335. The molecule has 0 spiro atoms. The highest BCUT2D eigenvalue weighted by molar-refractivity contribution is 6.07. The minimum Gasteiger partial charge on any atom is -0.504 e. The summed E-state index contributed by atoms with van der Waals surface area (Å²) in [7, 11) is 0. The Labute approximate surface area is 119 Å². The van der Waals surface area contributed by atoms with E-state index in [1.165, 1.54) is 30.3 Å². The van der Waals surface area contributed by atoms with Crippen molar-refractivity contribution in [1.82, 2.24) is 0 Å². The number of phenolic OH excluding ortho intramolecular Hbond substituents is 5. The van der Waals surface area contributed by atoms with Gasteiger partial charge in [-0.15, -0.1) is 0 Å². The number of carbonyl (C=O) groups excluding carboxylic acids is 1. The zero-order valence-corrected chi connectivity index (χ0v) is 10.7. The Balaban J connectivity index is 2.27. The summed E-state index contributed by atoms with van der Waals surface area (Å²) in [6, 6.07) is 6.11. The minimum absolute atomic E-state index is 0.140. The second kappa shape index (κ2) is 5.46. The molecule has 21 heavy (non-hydrogen) atoms. The molecule has 0 fully saturated rings. The van der Waals surface area contributed by atoms with E-state index in [0.29, 0.717) is 0 Å². The number of allylic oxidation sites excluding steroid dienone is 1. The minimum atomic E-state index is -0.674. The van der Waals surface area contributed by atoms with Gasteiger partial charge in [-0.2, -0.15) is 0 Å². The largest absolute Gasteiger partial charge is 0.504 e. The Hall–Kier alpha value is -3.15. The zero-order chi connectivity index (χ0) is 15.6. The lowest BCUT2D eigenvalue weighted by Crippen LogP contribution is -1.93. The van der Waals surface area contributed by atoms with E-state index >= 15 is 0 Å². The van der Waals surface area contributed by atoms with E-state index in [1.807, 2.05) is 0 Å². The Morgan fingerprint density at radius 1 is 0.810 bits per heavy atom. The number of hydrogen-bond donors (Lipinski definition) is 5. The number of hydrogen-bond acceptors (Lipinski definition) is 6. The van der Waals surface area contributed by atoms with Crippen LogP contribution in [0.15, 0.2) is 36.4 Å². The molecule has 6 nitrogen and oxygen atoms in total. The molecule has 0 aliphatic rings. The second-order valence-electron chi connectivity index (χ2n) is 4.27. The standard InChI is InChI=1S/C15H12O6/c16-10(9-3-5-11(17)13(19)7-9)4-1-8-2-6-12(18)15(21)14(8)20/h1-7,17-21H/b4-1+. The summed E-state index contributed by atoms with van der Waals surface area (Å²) in [6.07, 6.45) is 2.37. The van der Waals surface area contributed by atoms with Gasteiger partial charge in [0.15, 0.2) is 28.8 Å². The highest BCUT2D eigenvalue weighted by Gasteiger charge is 2.10. The third kappa shape index (κ3) is 2.89. The first kappa shape index (κ1) is 14.3. The predicted molar refractivity (Wildman–Crippen MR) is 74.6 cm³/mol. The fourth-order valence-corrected chi connectivity index (χ4v) is 1.66. The average Bonchev–Trinajstić information content (AvgIpc) is 2.46. The lowest BCUT2D eigenvalue weighted by atomic mass is 10.1. The van der Waals surface area contributed by atoms with Gasteiger partial charge in [0, 0.05) is 11.1 Å². The van der Waals surface area contributed by atoms with Crippen molar-refractivity contribution in [2.75, 3.05) is 0 Å². The normalized spacial score (nSPS) is 10.9. The third-order valence-electron chi connectivity index (χ3n) is 2.84. The lowest BCUT2D eigenvalue weighted by Gasteiger charge is -2.03. The van der Waals surface area contributed by atoms with E-state index < -0.39 is 28.8 Å². The molecule has 108 valence electrons. The highest BCUT2D eigenvalue weighted by atomic mass is 16.3. The maximum atomic E-state index is 11.9. The molecule has 0 atom stereocenters. The number of aromatic hydroxyl groups is 5. The monoisotopic (exact) mass is 288 g/mol. The number of rotatable bonds is 3. The summed E-state index contributed by atoms with van der Waals surface area (Å²) < 4.78 is 0. The van der Waals surface area contributed by atoms with Gasteiger partial charge in [0.2, 0.25) is 5.75 Å². The summed E-state index contributed by atoms with van der Waals surface area (Å²) in [6.45, 7) is 0. The molecule has 0 unspecified atom stereocenters. The van der Waals surface area contributed by atoms with E-state index in [2.05, 4.69) is 0 Å². The molecule has 0 bridgehead atoms. The van der Waals surface area contributed by atoms with Crippen LogP contribution in [0.25, 0.3) is 6.08 Å². The van der Waals surface area contributed by atoms with Crippen molar-refractivity contribution in [3.8, 4) is 28.7 Å². The van der Waals surface area contributed by atoms with Gasteiger partial charge in [-0.1, -0.05) is 0 Å². The Morgan fingerprint density at radius 2 is 1.48 bits per heavy atom.